The van der Waals surface area contributed by atoms with E-state index < -0.39 is 5.97 Å². The number of pyridine rings is 1. The molecule has 2 aromatic rings. The molecular formula is C15H10N2O2. The minimum atomic E-state index is -0.454. The monoisotopic (exact) mass is 250 g/mol. The number of rotatable bonds is 2. The van der Waals surface area contributed by atoms with Crippen molar-refractivity contribution in [3.8, 4) is 0 Å². The Bertz CT molecular complexity index is 661. The number of benzene rings is 1. The Morgan fingerprint density at radius 2 is 1.79 bits per heavy atom. The summed E-state index contributed by atoms with van der Waals surface area (Å²) in [6, 6.07) is 14.8. The maximum Gasteiger partial charge on any atom is 0.363 e. The number of hydrogen-bond donors (Lipinski definition) is 0. The first-order valence-corrected chi connectivity index (χ1v) is 5.82. The van der Waals surface area contributed by atoms with Crippen LogP contribution in [0, 0.1) is 0 Å². The second-order valence-electron chi connectivity index (χ2n) is 3.96. The van der Waals surface area contributed by atoms with Crippen LogP contribution in [-0.2, 0) is 9.53 Å². The van der Waals surface area contributed by atoms with Gasteiger partial charge in [0.1, 0.15) is 0 Å². The first-order chi connectivity index (χ1) is 9.33. The van der Waals surface area contributed by atoms with Crippen molar-refractivity contribution in [2.45, 2.75) is 0 Å². The maximum absolute atomic E-state index is 11.7. The van der Waals surface area contributed by atoms with Crippen LogP contribution in [0.5, 0.6) is 0 Å². The predicted molar refractivity (Wildman–Crippen MR) is 71.3 cm³/mol. The molecular weight excluding hydrogens is 240 g/mol. The van der Waals surface area contributed by atoms with E-state index in [0.29, 0.717) is 11.6 Å². The van der Waals surface area contributed by atoms with Crippen LogP contribution in [0.4, 0.5) is 0 Å². The quantitative estimate of drug-likeness (QED) is 0.607. The van der Waals surface area contributed by atoms with Crippen LogP contribution in [-0.4, -0.2) is 16.9 Å². The zero-order valence-corrected chi connectivity index (χ0v) is 9.98. The van der Waals surface area contributed by atoms with E-state index in [-0.39, 0.29) is 5.70 Å². The molecule has 0 atom stereocenters. The lowest BCUT2D eigenvalue weighted by molar-refractivity contribution is -0.129. The van der Waals surface area contributed by atoms with Gasteiger partial charge in [-0.2, -0.15) is 0 Å². The van der Waals surface area contributed by atoms with Crippen LogP contribution < -0.4 is 0 Å². The van der Waals surface area contributed by atoms with Gasteiger partial charge < -0.3 is 4.74 Å². The SMILES string of the molecule is O=C1OC(c2ccccc2)=NC1=Cc1ccccn1. The van der Waals surface area contributed by atoms with Crippen LogP contribution in [0.15, 0.2) is 65.4 Å². The number of nitrogens with zero attached hydrogens (tertiary/aromatic N) is 2. The third kappa shape index (κ3) is 2.42. The van der Waals surface area contributed by atoms with Gasteiger partial charge in [-0.1, -0.05) is 24.3 Å². The summed E-state index contributed by atoms with van der Waals surface area (Å²) in [6.07, 6.45) is 3.27. The highest BCUT2D eigenvalue weighted by molar-refractivity contribution is 6.12. The fourth-order valence-electron chi connectivity index (χ4n) is 1.71. The van der Waals surface area contributed by atoms with Crippen LogP contribution in [0.3, 0.4) is 0 Å². The molecule has 0 N–H and O–H groups in total. The normalized spacial score (nSPS) is 16.3. The molecule has 1 aliphatic rings. The number of hydrogen-bond acceptors (Lipinski definition) is 4. The largest absolute Gasteiger partial charge is 0.402 e. The highest BCUT2D eigenvalue weighted by atomic mass is 16.6. The van der Waals surface area contributed by atoms with E-state index in [9.17, 15) is 4.79 Å². The molecule has 4 nitrogen and oxygen atoms in total. The molecule has 0 saturated heterocycles. The summed E-state index contributed by atoms with van der Waals surface area (Å²) in [5.74, 6) is -0.128. The number of aliphatic imine (C=N–C) groups is 1. The number of ether oxygens (including phenoxy) is 1. The van der Waals surface area contributed by atoms with Gasteiger partial charge in [-0.15, -0.1) is 0 Å². The van der Waals surface area contributed by atoms with E-state index in [1.54, 1.807) is 18.3 Å². The minimum absolute atomic E-state index is 0.262. The van der Waals surface area contributed by atoms with E-state index in [4.69, 9.17) is 4.74 Å². The van der Waals surface area contributed by atoms with Gasteiger partial charge in [0.05, 0.1) is 5.69 Å². The lowest BCUT2D eigenvalue weighted by atomic mass is 10.2. The fraction of sp³-hybridized carbons (Fsp3) is 0. The maximum atomic E-state index is 11.7. The lowest BCUT2D eigenvalue weighted by Gasteiger charge is -1.97. The molecule has 0 fully saturated rings. The third-order valence-corrected chi connectivity index (χ3v) is 2.61. The Kier molecular flexibility index (Phi) is 2.90. The smallest absolute Gasteiger partial charge is 0.363 e. The van der Waals surface area contributed by atoms with Crippen molar-refractivity contribution in [1.29, 1.82) is 0 Å². The van der Waals surface area contributed by atoms with Crippen molar-refractivity contribution in [2.24, 2.45) is 4.99 Å². The number of cyclic esters (lactones) is 1. The van der Waals surface area contributed by atoms with E-state index in [0.717, 1.165) is 5.56 Å². The summed E-state index contributed by atoms with van der Waals surface area (Å²) in [5.41, 5.74) is 1.71. The minimum Gasteiger partial charge on any atom is -0.402 e. The van der Waals surface area contributed by atoms with E-state index in [1.807, 2.05) is 42.5 Å². The molecule has 2 heterocycles. The van der Waals surface area contributed by atoms with Crippen LogP contribution in [0.1, 0.15) is 11.3 Å². The van der Waals surface area contributed by atoms with Crippen molar-refractivity contribution in [1.82, 2.24) is 4.98 Å². The molecule has 4 heteroatoms. The van der Waals surface area contributed by atoms with Gasteiger partial charge in [-0.25, -0.2) is 9.79 Å². The lowest BCUT2D eigenvalue weighted by Crippen LogP contribution is -2.04. The van der Waals surface area contributed by atoms with E-state index in [1.165, 1.54) is 0 Å². The number of esters is 1. The molecule has 0 unspecified atom stereocenters. The van der Waals surface area contributed by atoms with Crippen LogP contribution in [0.25, 0.3) is 6.08 Å². The van der Waals surface area contributed by atoms with Crippen molar-refractivity contribution in [3.63, 3.8) is 0 Å². The van der Waals surface area contributed by atoms with Crippen LogP contribution >= 0.6 is 0 Å². The second kappa shape index (κ2) is 4.86. The highest BCUT2D eigenvalue weighted by Crippen LogP contribution is 2.18. The summed E-state index contributed by atoms with van der Waals surface area (Å²) < 4.78 is 5.15. The molecule has 1 aliphatic heterocycles. The summed E-state index contributed by atoms with van der Waals surface area (Å²) in [7, 11) is 0. The Balaban J connectivity index is 1.94. The second-order valence-corrected chi connectivity index (χ2v) is 3.96. The highest BCUT2D eigenvalue weighted by Gasteiger charge is 2.23. The Hall–Kier alpha value is -2.75. The van der Waals surface area contributed by atoms with Crippen molar-refractivity contribution >= 4 is 17.9 Å². The van der Waals surface area contributed by atoms with Gasteiger partial charge in [-0.3, -0.25) is 4.98 Å². The summed E-state index contributed by atoms with van der Waals surface area (Å²) in [5, 5.41) is 0. The molecule has 1 aromatic heterocycles. The average molecular weight is 250 g/mol. The molecule has 0 bridgehead atoms. The molecule has 0 saturated carbocycles. The molecule has 0 spiro atoms. The molecule has 0 amide bonds. The van der Waals surface area contributed by atoms with Gasteiger partial charge in [-0.05, 0) is 30.3 Å². The molecule has 19 heavy (non-hydrogen) atoms. The summed E-state index contributed by atoms with van der Waals surface area (Å²) in [6.45, 7) is 0. The zero-order valence-electron chi connectivity index (χ0n) is 9.98. The molecule has 92 valence electrons. The van der Waals surface area contributed by atoms with Crippen molar-refractivity contribution in [3.05, 3.63) is 71.7 Å². The van der Waals surface area contributed by atoms with Gasteiger partial charge in [0.25, 0.3) is 0 Å². The van der Waals surface area contributed by atoms with Gasteiger partial charge >= 0.3 is 5.97 Å². The van der Waals surface area contributed by atoms with Crippen LogP contribution in [0.2, 0.25) is 0 Å². The van der Waals surface area contributed by atoms with E-state index in [2.05, 4.69) is 9.98 Å². The van der Waals surface area contributed by atoms with Crippen molar-refractivity contribution in [2.75, 3.05) is 0 Å². The number of carbonyl (C=O) groups excluding carboxylic acids is 1. The fourth-order valence-corrected chi connectivity index (χ4v) is 1.71. The van der Waals surface area contributed by atoms with E-state index >= 15 is 0 Å². The van der Waals surface area contributed by atoms with Gasteiger partial charge in [0.2, 0.25) is 5.90 Å². The molecule has 1 aromatic carbocycles. The molecule has 0 radical (unpaired) electrons. The van der Waals surface area contributed by atoms with Crippen molar-refractivity contribution < 1.29 is 9.53 Å². The molecule has 0 aliphatic carbocycles. The Labute approximate surface area is 110 Å². The first kappa shape index (κ1) is 11.3. The average Bonchev–Trinajstić information content (AvgIpc) is 2.82. The Morgan fingerprint density at radius 3 is 2.53 bits per heavy atom. The first-order valence-electron chi connectivity index (χ1n) is 5.82. The zero-order chi connectivity index (χ0) is 13.1. The standard InChI is InChI=1S/C15H10N2O2/c18-15-13(10-12-8-4-5-9-16-12)17-14(19-15)11-6-2-1-3-7-11/h1-10H. The summed E-state index contributed by atoms with van der Waals surface area (Å²) in [4.78, 5) is 20.1. The van der Waals surface area contributed by atoms with Gasteiger partial charge in [0.15, 0.2) is 5.70 Å². The summed E-state index contributed by atoms with van der Waals surface area (Å²) >= 11 is 0. The number of carbonyl (C=O) groups is 1. The Morgan fingerprint density at radius 1 is 1.00 bits per heavy atom. The predicted octanol–water partition coefficient (Wildman–Crippen LogP) is 2.43. The van der Waals surface area contributed by atoms with Gasteiger partial charge in [0, 0.05) is 11.8 Å². The third-order valence-electron chi connectivity index (χ3n) is 2.61. The topological polar surface area (TPSA) is 51.5 Å². The molecule has 3 rings (SSSR count). The number of aromatic nitrogens is 1.